The number of carbonyl (C=O) groups excluding carboxylic acids is 1. The summed E-state index contributed by atoms with van der Waals surface area (Å²) in [5.41, 5.74) is 12.6. The van der Waals surface area contributed by atoms with E-state index in [4.69, 9.17) is 5.73 Å². The Bertz CT molecular complexity index is 1050. The van der Waals surface area contributed by atoms with Gasteiger partial charge in [-0.3, -0.25) is 4.79 Å². The van der Waals surface area contributed by atoms with E-state index in [0.29, 0.717) is 16.8 Å². The Morgan fingerprint density at radius 3 is 2.23 bits per heavy atom. The standard InChI is InChI=1S/C27H29NO2/c1-4-20-9-5-6-10-23(20)22-15-13-21(14-16-22)18(2)17-25(27(30)19(3)29)24-11-7-8-12-26(24)28/h5-19,29H,4,28H2,1-3H3/b25-17+/t18?,19-/m1/s1. The molecule has 0 saturated heterocycles. The van der Waals surface area contributed by atoms with Crippen LogP contribution in [0.1, 0.15) is 43.4 Å². The van der Waals surface area contributed by atoms with E-state index in [1.807, 2.05) is 31.2 Å². The number of Topliss-reactive ketones (excluding diaryl/α,β-unsaturated/α-hetero) is 1. The maximum atomic E-state index is 12.7. The summed E-state index contributed by atoms with van der Waals surface area (Å²) in [5, 5.41) is 9.91. The van der Waals surface area contributed by atoms with Gasteiger partial charge in [0.2, 0.25) is 0 Å². The first kappa shape index (κ1) is 21.5. The lowest BCUT2D eigenvalue weighted by Crippen LogP contribution is -2.18. The molecule has 0 amide bonds. The van der Waals surface area contributed by atoms with E-state index in [0.717, 1.165) is 12.0 Å². The molecule has 0 aliphatic heterocycles. The molecule has 3 rings (SSSR count). The first-order valence-electron chi connectivity index (χ1n) is 10.4. The number of aliphatic hydroxyl groups excluding tert-OH is 1. The number of allylic oxidation sites excluding steroid dienone is 1. The molecule has 0 heterocycles. The first-order valence-corrected chi connectivity index (χ1v) is 10.4. The zero-order valence-corrected chi connectivity index (χ0v) is 17.8. The molecule has 3 aromatic carbocycles. The van der Waals surface area contributed by atoms with Crippen LogP contribution in [-0.2, 0) is 11.2 Å². The number of benzene rings is 3. The molecule has 0 fully saturated rings. The Balaban J connectivity index is 1.95. The molecule has 0 spiro atoms. The Kier molecular flexibility index (Phi) is 6.86. The van der Waals surface area contributed by atoms with Crippen molar-refractivity contribution < 1.29 is 9.90 Å². The Morgan fingerprint density at radius 1 is 0.967 bits per heavy atom. The molecule has 3 heteroatoms. The smallest absolute Gasteiger partial charge is 0.191 e. The number of nitrogens with two attached hydrogens (primary N) is 1. The van der Waals surface area contributed by atoms with Crippen LogP contribution in [0.25, 0.3) is 16.7 Å². The summed E-state index contributed by atoms with van der Waals surface area (Å²) in [6.45, 7) is 5.69. The van der Waals surface area contributed by atoms with Crippen molar-refractivity contribution in [1.29, 1.82) is 0 Å². The van der Waals surface area contributed by atoms with Crippen LogP contribution in [0, 0.1) is 0 Å². The largest absolute Gasteiger partial charge is 0.398 e. The maximum Gasteiger partial charge on any atom is 0.191 e. The third kappa shape index (κ3) is 4.69. The fourth-order valence-electron chi connectivity index (χ4n) is 3.69. The summed E-state index contributed by atoms with van der Waals surface area (Å²) < 4.78 is 0. The number of hydrogen-bond donors (Lipinski definition) is 2. The van der Waals surface area contributed by atoms with Crippen LogP contribution in [0.5, 0.6) is 0 Å². The third-order valence-corrected chi connectivity index (χ3v) is 5.46. The van der Waals surface area contributed by atoms with E-state index in [2.05, 4.69) is 55.5 Å². The second-order valence-corrected chi connectivity index (χ2v) is 7.63. The number of para-hydroxylation sites is 1. The maximum absolute atomic E-state index is 12.7. The molecule has 0 aliphatic rings. The van der Waals surface area contributed by atoms with Gasteiger partial charge in [-0.1, -0.05) is 86.7 Å². The molecule has 1 unspecified atom stereocenters. The molecule has 0 radical (unpaired) electrons. The van der Waals surface area contributed by atoms with Crippen LogP contribution in [0.2, 0.25) is 0 Å². The topological polar surface area (TPSA) is 63.3 Å². The van der Waals surface area contributed by atoms with Gasteiger partial charge in [-0.2, -0.15) is 0 Å². The molecule has 0 saturated carbocycles. The molecular weight excluding hydrogens is 370 g/mol. The van der Waals surface area contributed by atoms with Crippen LogP contribution < -0.4 is 5.73 Å². The second-order valence-electron chi connectivity index (χ2n) is 7.63. The van der Waals surface area contributed by atoms with Crippen LogP contribution in [0.15, 0.2) is 78.9 Å². The summed E-state index contributed by atoms with van der Waals surface area (Å²) in [4.78, 5) is 12.7. The van der Waals surface area contributed by atoms with Gasteiger partial charge in [0, 0.05) is 22.7 Å². The fourth-order valence-corrected chi connectivity index (χ4v) is 3.69. The zero-order chi connectivity index (χ0) is 21.7. The Hall–Kier alpha value is -3.17. The minimum atomic E-state index is -1.09. The molecule has 0 aliphatic carbocycles. The molecule has 3 nitrogen and oxygen atoms in total. The van der Waals surface area contributed by atoms with Gasteiger partial charge in [0.25, 0.3) is 0 Å². The SMILES string of the molecule is CCc1ccccc1-c1ccc(C(C)/C=C(/C(=O)[C@@H](C)O)c2ccccc2N)cc1. The van der Waals surface area contributed by atoms with Gasteiger partial charge in [-0.05, 0) is 41.7 Å². The van der Waals surface area contributed by atoms with E-state index in [1.165, 1.54) is 23.6 Å². The molecular formula is C27H29NO2. The summed E-state index contributed by atoms with van der Waals surface area (Å²) in [5.74, 6) is -0.342. The third-order valence-electron chi connectivity index (χ3n) is 5.46. The van der Waals surface area contributed by atoms with Crippen molar-refractivity contribution in [2.45, 2.75) is 39.2 Å². The number of rotatable bonds is 7. The summed E-state index contributed by atoms with van der Waals surface area (Å²) in [6.07, 6.45) is 1.80. The lowest BCUT2D eigenvalue weighted by molar-refractivity contribution is -0.120. The highest BCUT2D eigenvalue weighted by Gasteiger charge is 2.20. The zero-order valence-electron chi connectivity index (χ0n) is 17.8. The van der Waals surface area contributed by atoms with Crippen molar-refractivity contribution in [3.05, 3.63) is 95.6 Å². The molecule has 0 aromatic heterocycles. The minimum Gasteiger partial charge on any atom is -0.398 e. The normalized spacial score (nSPS) is 13.7. The molecule has 2 atom stereocenters. The summed E-state index contributed by atoms with van der Waals surface area (Å²) in [7, 11) is 0. The van der Waals surface area contributed by atoms with Crippen molar-refractivity contribution >= 4 is 17.0 Å². The molecule has 154 valence electrons. The lowest BCUT2D eigenvalue weighted by Gasteiger charge is -2.15. The number of nitrogen functional groups attached to an aromatic ring is 1. The van der Waals surface area contributed by atoms with Crippen molar-refractivity contribution in [2.75, 3.05) is 5.73 Å². The van der Waals surface area contributed by atoms with E-state index < -0.39 is 6.10 Å². The van der Waals surface area contributed by atoms with E-state index in [1.54, 1.807) is 6.07 Å². The number of aryl methyl sites for hydroxylation is 1. The minimum absolute atomic E-state index is 0.0159. The fraction of sp³-hybridized carbons (Fsp3) is 0.222. The summed E-state index contributed by atoms with van der Waals surface area (Å²) in [6, 6.07) is 24.2. The van der Waals surface area contributed by atoms with Crippen LogP contribution in [0.4, 0.5) is 5.69 Å². The van der Waals surface area contributed by atoms with E-state index >= 15 is 0 Å². The van der Waals surface area contributed by atoms with Crippen LogP contribution >= 0.6 is 0 Å². The second kappa shape index (κ2) is 9.55. The van der Waals surface area contributed by atoms with E-state index in [9.17, 15) is 9.90 Å². The Labute approximate surface area is 178 Å². The van der Waals surface area contributed by atoms with Crippen molar-refractivity contribution in [3.63, 3.8) is 0 Å². The highest BCUT2D eigenvalue weighted by Crippen LogP contribution is 2.30. The van der Waals surface area contributed by atoms with Gasteiger partial charge in [-0.25, -0.2) is 0 Å². The molecule has 30 heavy (non-hydrogen) atoms. The van der Waals surface area contributed by atoms with Gasteiger partial charge in [0.1, 0.15) is 6.10 Å². The quantitative estimate of drug-likeness (QED) is 0.399. The number of ketones is 1. The first-order chi connectivity index (χ1) is 14.4. The molecule has 0 bridgehead atoms. The monoisotopic (exact) mass is 399 g/mol. The number of anilines is 1. The Morgan fingerprint density at radius 2 is 1.60 bits per heavy atom. The van der Waals surface area contributed by atoms with Gasteiger partial charge in [-0.15, -0.1) is 0 Å². The molecule has 3 N–H and O–H groups in total. The average Bonchev–Trinajstić information content (AvgIpc) is 2.77. The number of hydrogen-bond acceptors (Lipinski definition) is 3. The highest BCUT2D eigenvalue weighted by molar-refractivity contribution is 6.23. The molecule has 3 aromatic rings. The number of carbonyl (C=O) groups is 1. The predicted octanol–water partition coefficient (Wildman–Crippen LogP) is 5.64. The van der Waals surface area contributed by atoms with Gasteiger partial charge >= 0.3 is 0 Å². The van der Waals surface area contributed by atoms with Gasteiger partial charge in [0.05, 0.1) is 0 Å². The average molecular weight is 400 g/mol. The number of aliphatic hydroxyl groups is 1. The van der Waals surface area contributed by atoms with Crippen molar-refractivity contribution in [2.24, 2.45) is 0 Å². The van der Waals surface area contributed by atoms with E-state index in [-0.39, 0.29) is 11.7 Å². The van der Waals surface area contributed by atoms with Crippen molar-refractivity contribution in [3.8, 4) is 11.1 Å². The van der Waals surface area contributed by atoms with Crippen molar-refractivity contribution in [1.82, 2.24) is 0 Å². The van der Waals surface area contributed by atoms with Crippen LogP contribution in [0.3, 0.4) is 0 Å². The predicted molar refractivity (Wildman–Crippen MR) is 125 cm³/mol. The van der Waals surface area contributed by atoms with Crippen LogP contribution in [-0.4, -0.2) is 17.0 Å². The van der Waals surface area contributed by atoms with Gasteiger partial charge in [0.15, 0.2) is 5.78 Å². The van der Waals surface area contributed by atoms with Gasteiger partial charge < -0.3 is 10.8 Å². The lowest BCUT2D eigenvalue weighted by atomic mass is 9.90. The highest BCUT2D eigenvalue weighted by atomic mass is 16.3. The summed E-state index contributed by atoms with van der Waals surface area (Å²) >= 11 is 0.